The highest BCUT2D eigenvalue weighted by Gasteiger charge is 2.30. The van der Waals surface area contributed by atoms with E-state index in [0.717, 1.165) is 18.5 Å². The van der Waals surface area contributed by atoms with Gasteiger partial charge in [-0.15, -0.1) is 12.4 Å². The molecule has 2 N–H and O–H groups in total. The summed E-state index contributed by atoms with van der Waals surface area (Å²) in [4.78, 5) is 27.3. The molecule has 0 aromatic heterocycles. The lowest BCUT2D eigenvalue weighted by Gasteiger charge is -2.37. The van der Waals surface area contributed by atoms with Crippen LogP contribution in [-0.2, 0) is 0 Å². The van der Waals surface area contributed by atoms with E-state index in [1.54, 1.807) is 24.3 Å². The van der Waals surface area contributed by atoms with Crippen LogP contribution in [0.25, 0.3) is 0 Å². The molecule has 1 aliphatic heterocycles. The molecule has 1 aliphatic rings. The van der Waals surface area contributed by atoms with Crippen molar-refractivity contribution in [3.63, 3.8) is 0 Å². The quantitative estimate of drug-likeness (QED) is 0.773. The number of amides is 2. The Hall–Kier alpha value is -2.08. The molecule has 0 spiro atoms. The van der Waals surface area contributed by atoms with Gasteiger partial charge in [-0.2, -0.15) is 0 Å². The van der Waals surface area contributed by atoms with E-state index >= 15 is 0 Å². The van der Waals surface area contributed by atoms with Crippen molar-refractivity contribution < 1.29 is 9.59 Å². The summed E-state index contributed by atoms with van der Waals surface area (Å²) in [6.07, 6.45) is 0.866. The second-order valence-corrected chi connectivity index (χ2v) is 6.98. The van der Waals surface area contributed by atoms with Crippen LogP contribution in [-0.4, -0.2) is 42.9 Å². The van der Waals surface area contributed by atoms with Crippen molar-refractivity contribution >= 4 is 35.8 Å². The summed E-state index contributed by atoms with van der Waals surface area (Å²) in [5.41, 5.74) is 1.94. The molecule has 1 heterocycles. The molecule has 3 rings (SSSR count). The van der Waals surface area contributed by atoms with Crippen LogP contribution in [0.3, 0.4) is 0 Å². The summed E-state index contributed by atoms with van der Waals surface area (Å²) in [6, 6.07) is 14.4. The van der Waals surface area contributed by atoms with Gasteiger partial charge in [0.2, 0.25) is 0 Å². The Morgan fingerprint density at radius 2 is 1.93 bits per heavy atom. The maximum Gasteiger partial charge on any atom is 0.254 e. The maximum absolute atomic E-state index is 13.2. The van der Waals surface area contributed by atoms with Crippen LogP contribution in [0.15, 0.2) is 48.5 Å². The van der Waals surface area contributed by atoms with Crippen LogP contribution < -0.4 is 10.6 Å². The number of rotatable bonds is 5. The predicted molar refractivity (Wildman–Crippen MR) is 114 cm³/mol. The highest BCUT2D eigenvalue weighted by atomic mass is 35.5. The molecule has 1 fully saturated rings. The molecule has 7 heteroatoms. The van der Waals surface area contributed by atoms with Crippen LogP contribution >= 0.6 is 24.0 Å². The number of nitrogens with one attached hydrogen (secondary N) is 2. The minimum atomic E-state index is -0.158. The van der Waals surface area contributed by atoms with Crippen LogP contribution in [0.2, 0.25) is 5.02 Å². The number of hydrogen-bond acceptors (Lipinski definition) is 3. The fraction of sp³-hybridized carbons (Fsp3) is 0.333. The van der Waals surface area contributed by atoms with Gasteiger partial charge in [0.1, 0.15) is 0 Å². The molecule has 0 aliphatic carbocycles. The van der Waals surface area contributed by atoms with E-state index in [2.05, 4.69) is 10.6 Å². The van der Waals surface area contributed by atoms with Crippen LogP contribution in [0.4, 0.5) is 0 Å². The zero-order valence-electron chi connectivity index (χ0n) is 15.8. The van der Waals surface area contributed by atoms with Crippen molar-refractivity contribution in [3.05, 3.63) is 70.2 Å². The molecule has 0 radical (unpaired) electrons. The van der Waals surface area contributed by atoms with E-state index in [1.165, 1.54) is 0 Å². The maximum atomic E-state index is 13.2. The van der Waals surface area contributed by atoms with Crippen molar-refractivity contribution in [2.45, 2.75) is 19.4 Å². The second kappa shape index (κ2) is 10.5. The Bertz CT molecular complexity index is 829. The topological polar surface area (TPSA) is 61.4 Å². The third-order valence-corrected chi connectivity index (χ3v) is 5.02. The molecule has 5 nitrogen and oxygen atoms in total. The third-order valence-electron chi connectivity index (χ3n) is 4.68. The largest absolute Gasteiger partial charge is 0.352 e. The Kier molecular flexibility index (Phi) is 8.30. The van der Waals surface area contributed by atoms with Gasteiger partial charge in [0.25, 0.3) is 11.8 Å². The fourth-order valence-corrected chi connectivity index (χ4v) is 3.53. The van der Waals surface area contributed by atoms with E-state index in [4.69, 9.17) is 11.6 Å². The van der Waals surface area contributed by atoms with Crippen LogP contribution in [0.1, 0.15) is 45.7 Å². The van der Waals surface area contributed by atoms with Crippen molar-refractivity contribution in [2.75, 3.05) is 26.2 Å². The predicted octanol–water partition coefficient (Wildman–Crippen LogP) is 3.69. The molecule has 150 valence electrons. The Labute approximate surface area is 176 Å². The Morgan fingerprint density at radius 3 is 2.68 bits per heavy atom. The van der Waals surface area contributed by atoms with E-state index in [1.807, 2.05) is 36.1 Å². The smallest absolute Gasteiger partial charge is 0.254 e. The molecule has 1 atom stereocenters. The van der Waals surface area contributed by atoms with Gasteiger partial charge in [0.15, 0.2) is 0 Å². The van der Waals surface area contributed by atoms with Gasteiger partial charge < -0.3 is 15.5 Å². The molecule has 0 saturated carbocycles. The third kappa shape index (κ3) is 5.04. The first-order valence-electron chi connectivity index (χ1n) is 9.26. The number of hydrogen-bond donors (Lipinski definition) is 2. The van der Waals surface area contributed by atoms with E-state index in [-0.39, 0.29) is 30.3 Å². The Balaban J connectivity index is 0.00000280. The number of carbonyl (C=O) groups is 2. The van der Waals surface area contributed by atoms with Gasteiger partial charge in [0.05, 0.1) is 6.04 Å². The van der Waals surface area contributed by atoms with Gasteiger partial charge in [0, 0.05) is 42.3 Å². The molecular formula is C21H25Cl2N3O2. The van der Waals surface area contributed by atoms with Gasteiger partial charge in [-0.1, -0.05) is 42.8 Å². The highest BCUT2D eigenvalue weighted by Crippen LogP contribution is 2.29. The lowest BCUT2D eigenvalue weighted by Crippen LogP contribution is -2.48. The van der Waals surface area contributed by atoms with Crippen LogP contribution in [0.5, 0.6) is 0 Å². The molecule has 28 heavy (non-hydrogen) atoms. The lowest BCUT2D eigenvalue weighted by molar-refractivity contribution is 0.0634. The molecular weight excluding hydrogens is 397 g/mol. The van der Waals surface area contributed by atoms with Crippen molar-refractivity contribution in [2.24, 2.45) is 0 Å². The summed E-state index contributed by atoms with van der Waals surface area (Å²) in [5.74, 6) is -0.249. The van der Waals surface area contributed by atoms with E-state index in [0.29, 0.717) is 35.8 Å². The van der Waals surface area contributed by atoms with Gasteiger partial charge in [-0.05, 0) is 36.2 Å². The van der Waals surface area contributed by atoms with Crippen molar-refractivity contribution in [1.82, 2.24) is 15.5 Å². The molecule has 2 amide bonds. The van der Waals surface area contributed by atoms with Gasteiger partial charge in [-0.25, -0.2) is 0 Å². The normalized spacial score (nSPS) is 16.2. The number of benzene rings is 2. The number of carbonyl (C=O) groups excluding carboxylic acids is 2. The first-order chi connectivity index (χ1) is 13.1. The minimum absolute atomic E-state index is 0. The molecule has 0 bridgehead atoms. The summed E-state index contributed by atoms with van der Waals surface area (Å²) in [6.45, 7) is 4.57. The summed E-state index contributed by atoms with van der Waals surface area (Å²) < 4.78 is 0. The van der Waals surface area contributed by atoms with E-state index in [9.17, 15) is 9.59 Å². The number of halogens is 2. The van der Waals surface area contributed by atoms with Crippen molar-refractivity contribution in [1.29, 1.82) is 0 Å². The first kappa shape index (κ1) is 22.2. The summed E-state index contributed by atoms with van der Waals surface area (Å²) in [7, 11) is 0. The molecule has 2 aromatic rings. The monoisotopic (exact) mass is 421 g/mol. The van der Waals surface area contributed by atoms with Crippen LogP contribution in [0, 0.1) is 0 Å². The fourth-order valence-electron chi connectivity index (χ4n) is 3.27. The van der Waals surface area contributed by atoms with Crippen molar-refractivity contribution in [3.8, 4) is 0 Å². The average Bonchev–Trinajstić information content (AvgIpc) is 2.72. The number of nitrogens with zero attached hydrogens (tertiary/aromatic N) is 1. The molecule has 1 saturated heterocycles. The average molecular weight is 422 g/mol. The Morgan fingerprint density at radius 1 is 1.18 bits per heavy atom. The molecule has 1 unspecified atom stereocenters. The second-order valence-electron chi connectivity index (χ2n) is 6.58. The summed E-state index contributed by atoms with van der Waals surface area (Å²) in [5, 5.41) is 6.83. The highest BCUT2D eigenvalue weighted by molar-refractivity contribution is 6.31. The SMILES string of the molecule is CCCNC(=O)c1cccc(C(=O)N2CCNCC2c2ccccc2Cl)c1.Cl. The molecule has 2 aromatic carbocycles. The summed E-state index contributed by atoms with van der Waals surface area (Å²) >= 11 is 6.37. The number of piperazine rings is 1. The standard InChI is InChI=1S/C21H24ClN3O2.ClH/c1-2-10-24-20(26)15-6-5-7-16(13-15)21(27)25-12-11-23-14-19(25)17-8-3-4-9-18(17)22;/h3-9,13,19,23H,2,10-12,14H2,1H3,(H,24,26);1H. The zero-order chi connectivity index (χ0) is 19.2. The lowest BCUT2D eigenvalue weighted by atomic mass is 10.0. The zero-order valence-corrected chi connectivity index (χ0v) is 17.4. The van der Waals surface area contributed by atoms with E-state index < -0.39 is 0 Å². The van der Waals surface area contributed by atoms with Gasteiger partial charge >= 0.3 is 0 Å². The first-order valence-corrected chi connectivity index (χ1v) is 9.64. The van der Waals surface area contributed by atoms with Gasteiger partial charge in [-0.3, -0.25) is 9.59 Å². The minimum Gasteiger partial charge on any atom is -0.352 e.